The minimum atomic E-state index is -0.330. The van der Waals surface area contributed by atoms with Gasteiger partial charge in [0.25, 0.3) is 0 Å². The first-order valence-electron chi connectivity index (χ1n) is 7.38. The first-order chi connectivity index (χ1) is 10.2. The first-order valence-corrected chi connectivity index (χ1v) is 7.38. The van der Waals surface area contributed by atoms with Crippen LogP contribution in [0.2, 0.25) is 0 Å². The number of benzene rings is 1. The van der Waals surface area contributed by atoms with E-state index < -0.39 is 0 Å². The molecule has 3 rings (SSSR count). The first kappa shape index (κ1) is 13.9. The molecule has 0 saturated heterocycles. The van der Waals surface area contributed by atoms with Crippen LogP contribution >= 0.6 is 0 Å². The number of nitrogens with zero attached hydrogens (tertiary/aromatic N) is 2. The SMILES string of the molecule is CCOc1ccc(NC2CCCc3c2cnn3C)cc1F. The van der Waals surface area contributed by atoms with Crippen molar-refractivity contribution in [2.45, 2.75) is 32.2 Å². The summed E-state index contributed by atoms with van der Waals surface area (Å²) in [6.45, 7) is 2.31. The van der Waals surface area contributed by atoms with Gasteiger partial charge in [-0.25, -0.2) is 4.39 Å². The summed E-state index contributed by atoms with van der Waals surface area (Å²) in [5.74, 6) is -0.0298. The number of anilines is 1. The Kier molecular flexibility index (Phi) is 3.82. The second-order valence-electron chi connectivity index (χ2n) is 5.34. The number of aryl methyl sites for hydroxylation is 1. The van der Waals surface area contributed by atoms with Gasteiger partial charge >= 0.3 is 0 Å². The molecule has 0 saturated carbocycles. The van der Waals surface area contributed by atoms with Gasteiger partial charge in [0.05, 0.1) is 18.8 Å². The van der Waals surface area contributed by atoms with Crippen LogP contribution in [0.25, 0.3) is 0 Å². The van der Waals surface area contributed by atoms with Gasteiger partial charge in [0.2, 0.25) is 0 Å². The minimum absolute atomic E-state index is 0.194. The topological polar surface area (TPSA) is 39.1 Å². The van der Waals surface area contributed by atoms with Crippen molar-refractivity contribution in [2.24, 2.45) is 7.05 Å². The fourth-order valence-corrected chi connectivity index (χ4v) is 2.92. The van der Waals surface area contributed by atoms with Crippen LogP contribution in [0.4, 0.5) is 10.1 Å². The van der Waals surface area contributed by atoms with E-state index in [0.29, 0.717) is 12.4 Å². The molecule has 4 nitrogen and oxygen atoms in total. The van der Waals surface area contributed by atoms with Crippen LogP contribution in [0.5, 0.6) is 5.75 Å². The molecule has 1 aliphatic rings. The van der Waals surface area contributed by atoms with Gasteiger partial charge in [0.15, 0.2) is 11.6 Å². The van der Waals surface area contributed by atoms with Gasteiger partial charge in [-0.3, -0.25) is 4.68 Å². The fourth-order valence-electron chi connectivity index (χ4n) is 2.92. The highest BCUT2D eigenvalue weighted by Gasteiger charge is 2.23. The normalized spacial score (nSPS) is 17.4. The van der Waals surface area contributed by atoms with Gasteiger partial charge in [-0.1, -0.05) is 0 Å². The zero-order valence-electron chi connectivity index (χ0n) is 12.4. The van der Waals surface area contributed by atoms with Gasteiger partial charge in [0, 0.05) is 30.1 Å². The molecule has 0 bridgehead atoms. The van der Waals surface area contributed by atoms with Gasteiger partial charge in [-0.2, -0.15) is 5.10 Å². The Bertz CT molecular complexity index is 638. The molecule has 1 aromatic carbocycles. The van der Waals surface area contributed by atoms with E-state index in [1.54, 1.807) is 6.07 Å². The summed E-state index contributed by atoms with van der Waals surface area (Å²) in [6, 6.07) is 5.22. The molecule has 0 fully saturated rings. The molecule has 1 N–H and O–H groups in total. The van der Waals surface area contributed by atoms with Crippen LogP contribution in [0.3, 0.4) is 0 Å². The summed E-state index contributed by atoms with van der Waals surface area (Å²) in [5, 5.41) is 7.74. The number of hydrogen-bond acceptors (Lipinski definition) is 3. The van der Waals surface area contributed by atoms with Crippen molar-refractivity contribution in [3.63, 3.8) is 0 Å². The van der Waals surface area contributed by atoms with Crippen LogP contribution in [0, 0.1) is 5.82 Å². The standard InChI is InChI=1S/C16H20FN3O/c1-3-21-16-8-7-11(9-13(16)17)19-14-5-4-6-15-12(14)10-18-20(15)2/h7-10,14,19H,3-6H2,1-2H3. The van der Waals surface area contributed by atoms with E-state index in [-0.39, 0.29) is 11.9 Å². The fraction of sp³-hybridized carbons (Fsp3) is 0.438. The van der Waals surface area contributed by atoms with Crippen molar-refractivity contribution < 1.29 is 9.13 Å². The van der Waals surface area contributed by atoms with Gasteiger partial charge in [0.1, 0.15) is 0 Å². The Hall–Kier alpha value is -2.04. The predicted octanol–water partition coefficient (Wildman–Crippen LogP) is 3.45. The minimum Gasteiger partial charge on any atom is -0.491 e. The monoisotopic (exact) mass is 289 g/mol. The lowest BCUT2D eigenvalue weighted by Crippen LogP contribution is -2.17. The molecule has 0 spiro atoms. The van der Waals surface area contributed by atoms with Crippen LogP contribution in [0.1, 0.15) is 37.1 Å². The third-order valence-corrected chi connectivity index (χ3v) is 3.95. The van der Waals surface area contributed by atoms with E-state index in [9.17, 15) is 4.39 Å². The average molecular weight is 289 g/mol. The van der Waals surface area contributed by atoms with E-state index in [1.807, 2.05) is 30.9 Å². The van der Waals surface area contributed by atoms with Crippen molar-refractivity contribution >= 4 is 5.69 Å². The van der Waals surface area contributed by atoms with Gasteiger partial charge in [-0.05, 0) is 38.3 Å². The lowest BCUT2D eigenvalue weighted by atomic mass is 9.93. The summed E-state index contributed by atoms with van der Waals surface area (Å²) >= 11 is 0. The Balaban J connectivity index is 1.80. The number of halogens is 1. The molecule has 0 amide bonds. The predicted molar refractivity (Wildman–Crippen MR) is 80.1 cm³/mol. The number of fused-ring (bicyclic) bond motifs is 1. The maximum atomic E-state index is 13.9. The van der Waals surface area contributed by atoms with Crippen molar-refractivity contribution in [1.82, 2.24) is 9.78 Å². The smallest absolute Gasteiger partial charge is 0.167 e. The molecule has 21 heavy (non-hydrogen) atoms. The molecule has 1 heterocycles. The number of rotatable bonds is 4. The molecular weight excluding hydrogens is 269 g/mol. The van der Waals surface area contributed by atoms with E-state index in [4.69, 9.17) is 4.74 Å². The summed E-state index contributed by atoms with van der Waals surface area (Å²) in [7, 11) is 1.97. The second-order valence-corrected chi connectivity index (χ2v) is 5.34. The van der Waals surface area contributed by atoms with Crippen LogP contribution < -0.4 is 10.1 Å². The van der Waals surface area contributed by atoms with Gasteiger partial charge < -0.3 is 10.1 Å². The average Bonchev–Trinajstić information content (AvgIpc) is 2.85. The van der Waals surface area contributed by atoms with E-state index in [0.717, 1.165) is 24.9 Å². The van der Waals surface area contributed by atoms with Crippen molar-refractivity contribution in [2.75, 3.05) is 11.9 Å². The van der Waals surface area contributed by atoms with Crippen molar-refractivity contribution in [3.05, 3.63) is 41.5 Å². The largest absolute Gasteiger partial charge is 0.491 e. The Morgan fingerprint density at radius 2 is 2.33 bits per heavy atom. The molecule has 112 valence electrons. The maximum absolute atomic E-state index is 13.9. The number of ether oxygens (including phenoxy) is 1. The van der Waals surface area contributed by atoms with E-state index >= 15 is 0 Å². The third kappa shape index (κ3) is 2.73. The lowest BCUT2D eigenvalue weighted by molar-refractivity contribution is 0.321. The highest BCUT2D eigenvalue weighted by molar-refractivity contribution is 5.49. The number of hydrogen-bond donors (Lipinski definition) is 1. The Morgan fingerprint density at radius 1 is 1.48 bits per heavy atom. The van der Waals surface area contributed by atoms with Crippen LogP contribution in [-0.4, -0.2) is 16.4 Å². The molecule has 5 heteroatoms. The molecule has 1 atom stereocenters. The summed E-state index contributed by atoms with van der Waals surface area (Å²) in [6.07, 6.45) is 5.12. The Morgan fingerprint density at radius 3 is 3.10 bits per heavy atom. The summed E-state index contributed by atoms with van der Waals surface area (Å²) in [4.78, 5) is 0. The molecule has 1 unspecified atom stereocenters. The third-order valence-electron chi connectivity index (χ3n) is 3.95. The van der Waals surface area contributed by atoms with E-state index in [1.165, 1.54) is 17.3 Å². The summed E-state index contributed by atoms with van der Waals surface area (Å²) < 4.78 is 21.1. The summed E-state index contributed by atoms with van der Waals surface area (Å²) in [5.41, 5.74) is 3.26. The Labute approximate surface area is 123 Å². The zero-order valence-corrected chi connectivity index (χ0v) is 12.4. The second kappa shape index (κ2) is 5.76. The maximum Gasteiger partial charge on any atom is 0.167 e. The van der Waals surface area contributed by atoms with Crippen molar-refractivity contribution in [3.8, 4) is 5.75 Å². The van der Waals surface area contributed by atoms with Gasteiger partial charge in [-0.15, -0.1) is 0 Å². The zero-order chi connectivity index (χ0) is 14.8. The highest BCUT2D eigenvalue weighted by Crippen LogP contribution is 2.33. The van der Waals surface area contributed by atoms with Crippen molar-refractivity contribution in [1.29, 1.82) is 0 Å². The lowest BCUT2D eigenvalue weighted by Gasteiger charge is -2.25. The quantitative estimate of drug-likeness (QED) is 0.937. The van der Waals surface area contributed by atoms with E-state index in [2.05, 4.69) is 10.4 Å². The van der Waals surface area contributed by atoms with Crippen LogP contribution in [0.15, 0.2) is 24.4 Å². The molecule has 1 aliphatic carbocycles. The molecule has 2 aromatic rings. The molecule has 0 aliphatic heterocycles. The molecule has 1 aromatic heterocycles. The highest BCUT2D eigenvalue weighted by atomic mass is 19.1. The number of aromatic nitrogens is 2. The number of nitrogens with one attached hydrogen (secondary N) is 1. The molecular formula is C16H20FN3O. The molecule has 0 radical (unpaired) electrons. The van der Waals surface area contributed by atoms with Crippen LogP contribution in [-0.2, 0) is 13.5 Å².